The van der Waals surface area contributed by atoms with E-state index in [2.05, 4.69) is 5.32 Å². The van der Waals surface area contributed by atoms with E-state index in [9.17, 15) is 4.79 Å². The van der Waals surface area contributed by atoms with Crippen molar-refractivity contribution in [1.29, 1.82) is 0 Å². The maximum Gasteiger partial charge on any atom is 0.220 e. The topological polar surface area (TPSA) is 77.0 Å². The van der Waals surface area contributed by atoms with Gasteiger partial charge in [0, 0.05) is 13.0 Å². The van der Waals surface area contributed by atoms with Crippen molar-refractivity contribution in [3.05, 3.63) is 0 Å². The highest BCUT2D eigenvalue weighted by Crippen LogP contribution is 2.82. The number of carbonyl (C=O) groups is 1. The Labute approximate surface area is 162 Å². The minimum Gasteiger partial charge on any atom is -0.394 e. The third-order valence-corrected chi connectivity index (χ3v) is 7.79. The van der Waals surface area contributed by atoms with E-state index in [1.165, 1.54) is 38.5 Å². The molecule has 0 heterocycles. The van der Waals surface area contributed by atoms with Gasteiger partial charge in [0.15, 0.2) is 0 Å². The number of hydrogen-bond acceptors (Lipinski definition) is 5. The molecule has 0 aromatic rings. The fraction of sp³-hybridized carbons (Fsp3) is 0.952. The molecule has 1 spiro atoms. The van der Waals surface area contributed by atoms with Crippen molar-refractivity contribution in [3.63, 3.8) is 0 Å². The monoisotopic (exact) mass is 381 g/mol. The molecule has 4 aliphatic carbocycles. The molecule has 0 aromatic carbocycles. The van der Waals surface area contributed by atoms with E-state index in [1.807, 2.05) is 0 Å². The maximum absolute atomic E-state index is 12.5. The zero-order chi connectivity index (χ0) is 18.7. The number of carbonyl (C=O) groups excluding carboxylic acids is 1. The zero-order valence-electron chi connectivity index (χ0n) is 16.4. The van der Waals surface area contributed by atoms with Crippen LogP contribution >= 0.6 is 0 Å². The van der Waals surface area contributed by atoms with Gasteiger partial charge in [-0.2, -0.15) is 0 Å². The van der Waals surface area contributed by atoms with Crippen molar-refractivity contribution in [2.75, 3.05) is 52.8 Å². The molecule has 3 bridgehead atoms. The number of fused-ring (bicyclic) bond motifs is 2. The molecule has 154 valence electrons. The fourth-order valence-electron chi connectivity index (χ4n) is 7.14. The number of nitrogens with one attached hydrogen (secondary N) is 1. The van der Waals surface area contributed by atoms with Crippen molar-refractivity contribution in [3.8, 4) is 0 Å². The maximum atomic E-state index is 12.5. The van der Waals surface area contributed by atoms with Crippen molar-refractivity contribution in [1.82, 2.24) is 5.32 Å². The number of aliphatic hydroxyl groups excluding tert-OH is 1. The van der Waals surface area contributed by atoms with Crippen LogP contribution in [0.4, 0.5) is 0 Å². The van der Waals surface area contributed by atoms with Crippen LogP contribution in [-0.2, 0) is 19.0 Å². The minimum atomic E-state index is 0.0403. The molecule has 5 unspecified atom stereocenters. The van der Waals surface area contributed by atoms with Gasteiger partial charge >= 0.3 is 0 Å². The number of hydrogen-bond donors (Lipinski definition) is 2. The molecule has 4 aliphatic rings. The van der Waals surface area contributed by atoms with Gasteiger partial charge in [-0.1, -0.05) is 0 Å². The normalized spacial score (nSPS) is 38.0. The van der Waals surface area contributed by atoms with Crippen LogP contribution in [0, 0.1) is 28.6 Å². The molecule has 4 rings (SSSR count). The van der Waals surface area contributed by atoms with Gasteiger partial charge in [0.2, 0.25) is 5.91 Å². The van der Waals surface area contributed by atoms with Crippen molar-refractivity contribution >= 4 is 5.91 Å². The van der Waals surface area contributed by atoms with Crippen molar-refractivity contribution < 1.29 is 24.1 Å². The SMILES string of the molecule is O=C(CC12CC3CC4CC(C1)C2(C4)C3)NCCOCCOCCOCCO. The summed E-state index contributed by atoms with van der Waals surface area (Å²) in [5.74, 6) is 3.03. The summed E-state index contributed by atoms with van der Waals surface area (Å²) in [4.78, 5) is 12.5. The Bertz CT molecular complexity index is 523. The summed E-state index contributed by atoms with van der Waals surface area (Å²) in [5, 5.41) is 11.6. The smallest absolute Gasteiger partial charge is 0.220 e. The van der Waals surface area contributed by atoms with Gasteiger partial charge in [0.1, 0.15) is 0 Å². The van der Waals surface area contributed by atoms with Gasteiger partial charge < -0.3 is 24.6 Å². The van der Waals surface area contributed by atoms with Crippen LogP contribution in [0.5, 0.6) is 0 Å². The summed E-state index contributed by atoms with van der Waals surface area (Å²) in [6.07, 6.45) is 9.07. The molecule has 0 aromatic heterocycles. The van der Waals surface area contributed by atoms with Crippen LogP contribution in [-0.4, -0.2) is 63.8 Å². The molecule has 0 aliphatic heterocycles. The number of rotatable bonds is 13. The molecular formula is C21H35NO5. The van der Waals surface area contributed by atoms with Crippen LogP contribution in [0.2, 0.25) is 0 Å². The Hall–Kier alpha value is -0.690. The third-order valence-electron chi connectivity index (χ3n) is 7.79. The Morgan fingerprint density at radius 3 is 2.37 bits per heavy atom. The average molecular weight is 382 g/mol. The Morgan fingerprint density at radius 2 is 1.59 bits per heavy atom. The molecule has 4 saturated carbocycles. The number of aliphatic hydroxyl groups is 1. The fourth-order valence-corrected chi connectivity index (χ4v) is 7.14. The molecule has 0 radical (unpaired) electrons. The average Bonchev–Trinajstić information content (AvgIpc) is 2.95. The van der Waals surface area contributed by atoms with Crippen LogP contribution in [0.1, 0.15) is 44.9 Å². The van der Waals surface area contributed by atoms with Crippen molar-refractivity contribution in [2.45, 2.75) is 44.9 Å². The highest BCUT2D eigenvalue weighted by atomic mass is 16.5. The van der Waals surface area contributed by atoms with Gasteiger partial charge in [-0.25, -0.2) is 0 Å². The first kappa shape index (κ1) is 19.6. The quantitative estimate of drug-likeness (QED) is 0.475. The summed E-state index contributed by atoms with van der Waals surface area (Å²) in [6.45, 7) is 3.54. The minimum absolute atomic E-state index is 0.0403. The van der Waals surface area contributed by atoms with Gasteiger partial charge in [-0.05, 0) is 67.1 Å². The van der Waals surface area contributed by atoms with Gasteiger partial charge in [0.25, 0.3) is 0 Å². The Kier molecular flexibility index (Phi) is 6.07. The van der Waals surface area contributed by atoms with Crippen LogP contribution in [0.15, 0.2) is 0 Å². The lowest BCUT2D eigenvalue weighted by atomic mass is 9.45. The van der Waals surface area contributed by atoms with E-state index in [-0.39, 0.29) is 12.5 Å². The first-order valence-corrected chi connectivity index (χ1v) is 10.8. The molecular weight excluding hydrogens is 346 g/mol. The summed E-state index contributed by atoms with van der Waals surface area (Å²) >= 11 is 0. The first-order chi connectivity index (χ1) is 13.2. The molecule has 5 atom stereocenters. The summed E-state index contributed by atoms with van der Waals surface area (Å²) < 4.78 is 16.0. The van der Waals surface area contributed by atoms with E-state index in [0.29, 0.717) is 57.0 Å². The van der Waals surface area contributed by atoms with Gasteiger partial charge in [-0.3, -0.25) is 4.79 Å². The second-order valence-electron chi connectivity index (χ2n) is 9.24. The van der Waals surface area contributed by atoms with E-state index >= 15 is 0 Å². The predicted molar refractivity (Wildman–Crippen MR) is 100 cm³/mol. The van der Waals surface area contributed by atoms with E-state index in [0.717, 1.165) is 24.2 Å². The molecule has 0 saturated heterocycles. The molecule has 4 fully saturated rings. The molecule has 6 heteroatoms. The largest absolute Gasteiger partial charge is 0.394 e. The standard InChI is InChI=1S/C21H35NO5/c23-2-4-26-6-8-27-7-5-25-3-1-22-19(24)15-20-11-17-9-16-10-18(14-20)21(20,12-16)13-17/h16-18,23H,1-15H2,(H,22,24). The predicted octanol–water partition coefficient (Wildman–Crippen LogP) is 1.75. The second kappa shape index (κ2) is 8.36. The third kappa shape index (κ3) is 3.78. The van der Waals surface area contributed by atoms with Crippen LogP contribution in [0.25, 0.3) is 0 Å². The van der Waals surface area contributed by atoms with E-state index < -0.39 is 0 Å². The molecule has 1 amide bonds. The van der Waals surface area contributed by atoms with Crippen molar-refractivity contribution in [2.24, 2.45) is 28.6 Å². The van der Waals surface area contributed by atoms with E-state index in [4.69, 9.17) is 19.3 Å². The summed E-state index contributed by atoms with van der Waals surface area (Å²) in [6, 6.07) is 0. The lowest BCUT2D eigenvalue weighted by molar-refractivity contribution is -0.140. The molecule has 6 nitrogen and oxygen atoms in total. The first-order valence-electron chi connectivity index (χ1n) is 10.8. The van der Waals surface area contributed by atoms with Gasteiger partial charge in [-0.15, -0.1) is 0 Å². The lowest BCUT2D eigenvalue weighted by Gasteiger charge is -2.59. The summed E-state index contributed by atoms with van der Waals surface area (Å²) in [7, 11) is 0. The van der Waals surface area contributed by atoms with E-state index in [1.54, 1.807) is 0 Å². The zero-order valence-corrected chi connectivity index (χ0v) is 16.4. The Morgan fingerprint density at radius 1 is 0.889 bits per heavy atom. The lowest BCUT2D eigenvalue weighted by Crippen LogP contribution is -2.54. The van der Waals surface area contributed by atoms with Gasteiger partial charge in [0.05, 0.1) is 46.2 Å². The molecule has 27 heavy (non-hydrogen) atoms. The Balaban J connectivity index is 1.06. The van der Waals surface area contributed by atoms with Crippen LogP contribution in [0.3, 0.4) is 0 Å². The highest BCUT2D eigenvalue weighted by molar-refractivity contribution is 5.77. The van der Waals surface area contributed by atoms with Crippen LogP contribution < -0.4 is 5.32 Å². The summed E-state index contributed by atoms with van der Waals surface area (Å²) in [5.41, 5.74) is 0.886. The number of ether oxygens (including phenoxy) is 3. The number of amides is 1. The molecule has 2 N–H and O–H groups in total. The second-order valence-corrected chi connectivity index (χ2v) is 9.24. The highest BCUT2D eigenvalue weighted by Gasteiger charge is 2.74.